The number of anilines is 4. The highest BCUT2D eigenvalue weighted by Crippen LogP contribution is 2.31. The second-order valence-electron chi connectivity index (χ2n) is 8.00. The van der Waals surface area contributed by atoms with Crippen molar-refractivity contribution in [3.63, 3.8) is 0 Å². The van der Waals surface area contributed by atoms with Crippen LogP contribution in [-0.4, -0.2) is 39.2 Å². The van der Waals surface area contributed by atoms with Crippen molar-refractivity contribution in [2.45, 2.75) is 23.4 Å². The monoisotopic (exact) mass is 531 g/mol. The summed E-state index contributed by atoms with van der Waals surface area (Å²) in [6.07, 6.45) is 1.15. The lowest BCUT2D eigenvalue weighted by molar-refractivity contribution is 0.102. The van der Waals surface area contributed by atoms with E-state index in [9.17, 15) is 4.79 Å². The number of hydrogen-bond donors (Lipinski definition) is 3. The number of nitrogens with one attached hydrogen (secondary N) is 3. The molecule has 5 rings (SSSR count). The number of aromatic amines is 1. The number of aromatic nitrogens is 4. The van der Waals surface area contributed by atoms with E-state index in [0.717, 1.165) is 35.9 Å². The maximum absolute atomic E-state index is 12.6. The lowest BCUT2D eigenvalue weighted by atomic mass is 10.2. The SMILES string of the molecule is Cc1cc(Nc2cc(N3CCC3)nc(Sc3ccc(NC(=O)c4cc(Cl)ccc4Cl)cc3)n2)n[nH]1.[HH].[HH].[HH]. The van der Waals surface area contributed by atoms with Crippen LogP contribution in [0.1, 0.15) is 26.8 Å². The zero-order valence-corrected chi connectivity index (χ0v) is 21.0. The summed E-state index contributed by atoms with van der Waals surface area (Å²) in [6.45, 7) is 3.90. The Bertz CT molecular complexity index is 1390. The van der Waals surface area contributed by atoms with E-state index >= 15 is 0 Å². The molecule has 1 fully saturated rings. The summed E-state index contributed by atoms with van der Waals surface area (Å²) >= 11 is 13.6. The lowest BCUT2D eigenvalue weighted by Crippen LogP contribution is -2.37. The van der Waals surface area contributed by atoms with Crippen LogP contribution in [0.3, 0.4) is 0 Å². The molecule has 0 spiro atoms. The van der Waals surface area contributed by atoms with Crippen LogP contribution in [0.15, 0.2) is 64.6 Å². The van der Waals surface area contributed by atoms with Crippen molar-refractivity contribution in [3.05, 3.63) is 75.9 Å². The predicted octanol–water partition coefficient (Wildman–Crippen LogP) is 6.91. The molecular formula is C24H27Cl2N7OS. The van der Waals surface area contributed by atoms with Crippen LogP contribution in [0.5, 0.6) is 0 Å². The second-order valence-corrected chi connectivity index (χ2v) is 9.88. The highest BCUT2D eigenvalue weighted by molar-refractivity contribution is 7.99. The Labute approximate surface area is 220 Å². The molecule has 1 aliphatic rings. The largest absolute Gasteiger partial charge is 0.356 e. The molecule has 8 nitrogen and oxygen atoms in total. The Morgan fingerprint density at radius 2 is 1.86 bits per heavy atom. The molecule has 0 atom stereocenters. The van der Waals surface area contributed by atoms with Crippen LogP contribution in [-0.2, 0) is 0 Å². The van der Waals surface area contributed by atoms with Crippen molar-refractivity contribution < 1.29 is 9.07 Å². The molecular weight excluding hydrogens is 505 g/mol. The lowest BCUT2D eigenvalue weighted by Gasteiger charge is -2.32. The van der Waals surface area contributed by atoms with Gasteiger partial charge in [0.25, 0.3) is 5.91 Å². The number of halogens is 2. The Kier molecular flexibility index (Phi) is 6.81. The minimum Gasteiger partial charge on any atom is -0.356 e. The maximum atomic E-state index is 12.6. The molecule has 3 N–H and O–H groups in total. The number of amides is 1. The van der Waals surface area contributed by atoms with Crippen molar-refractivity contribution in [1.82, 2.24) is 20.2 Å². The van der Waals surface area contributed by atoms with Crippen molar-refractivity contribution in [2.24, 2.45) is 0 Å². The number of carbonyl (C=O) groups is 1. The average Bonchev–Trinajstić information content (AvgIpc) is 3.20. The van der Waals surface area contributed by atoms with Crippen molar-refractivity contribution in [3.8, 4) is 0 Å². The van der Waals surface area contributed by atoms with Gasteiger partial charge in [-0.1, -0.05) is 23.2 Å². The molecule has 0 radical (unpaired) electrons. The van der Waals surface area contributed by atoms with E-state index in [1.165, 1.54) is 11.8 Å². The van der Waals surface area contributed by atoms with Crippen LogP contribution in [0.4, 0.5) is 23.1 Å². The predicted molar refractivity (Wildman–Crippen MR) is 147 cm³/mol. The summed E-state index contributed by atoms with van der Waals surface area (Å²) in [5.74, 6) is 1.93. The molecule has 3 heterocycles. The number of rotatable bonds is 7. The Balaban J connectivity index is 0.00000169. The number of nitrogens with zero attached hydrogens (tertiary/aromatic N) is 4. The smallest absolute Gasteiger partial charge is 0.257 e. The van der Waals surface area contributed by atoms with E-state index in [1.807, 2.05) is 43.3 Å². The van der Waals surface area contributed by atoms with Crippen LogP contribution in [0.2, 0.25) is 10.0 Å². The average molecular weight is 533 g/mol. The van der Waals surface area contributed by atoms with Crippen molar-refractivity contribution in [1.29, 1.82) is 0 Å². The topological polar surface area (TPSA) is 98.8 Å². The van der Waals surface area contributed by atoms with E-state index in [4.69, 9.17) is 28.2 Å². The van der Waals surface area contributed by atoms with Gasteiger partial charge in [-0.2, -0.15) is 5.10 Å². The number of H-pyrrole nitrogens is 1. The first-order chi connectivity index (χ1) is 16.9. The fraction of sp³-hybridized carbons (Fsp3) is 0.167. The zero-order valence-electron chi connectivity index (χ0n) is 18.7. The maximum Gasteiger partial charge on any atom is 0.257 e. The normalized spacial score (nSPS) is 12.8. The first-order valence-corrected chi connectivity index (χ1v) is 12.5. The molecule has 1 aliphatic heterocycles. The number of hydrogen-bond acceptors (Lipinski definition) is 7. The summed E-state index contributed by atoms with van der Waals surface area (Å²) in [5.41, 5.74) is 1.92. The molecule has 0 aliphatic carbocycles. The van der Waals surface area contributed by atoms with Gasteiger partial charge in [0.05, 0.1) is 10.6 Å². The third-order valence-corrected chi connectivity index (χ3v) is 6.77. The fourth-order valence-corrected chi connectivity index (χ4v) is 4.57. The van der Waals surface area contributed by atoms with Crippen LogP contribution in [0.25, 0.3) is 0 Å². The summed E-state index contributed by atoms with van der Waals surface area (Å²) in [7, 11) is 0. The molecule has 2 aromatic heterocycles. The van der Waals surface area contributed by atoms with E-state index < -0.39 is 0 Å². The van der Waals surface area contributed by atoms with Gasteiger partial charge in [0, 0.05) is 50.8 Å². The van der Waals surface area contributed by atoms with Crippen molar-refractivity contribution >= 4 is 64.0 Å². The molecule has 0 saturated carbocycles. The summed E-state index contributed by atoms with van der Waals surface area (Å²) in [5, 5.41) is 14.7. The Morgan fingerprint density at radius 1 is 1.06 bits per heavy atom. The first kappa shape index (κ1) is 23.5. The molecule has 1 saturated heterocycles. The highest BCUT2D eigenvalue weighted by atomic mass is 35.5. The molecule has 2 aromatic carbocycles. The van der Waals surface area contributed by atoms with Gasteiger partial charge in [-0.05, 0) is 67.6 Å². The molecule has 35 heavy (non-hydrogen) atoms. The van der Waals surface area contributed by atoms with Crippen LogP contribution in [0, 0.1) is 6.92 Å². The molecule has 11 heteroatoms. The van der Waals surface area contributed by atoms with Gasteiger partial charge >= 0.3 is 0 Å². The summed E-state index contributed by atoms with van der Waals surface area (Å²) in [6, 6.07) is 16.1. The van der Waals surface area contributed by atoms with Gasteiger partial charge in [-0.25, -0.2) is 9.97 Å². The van der Waals surface area contributed by atoms with Gasteiger partial charge in [0.2, 0.25) is 0 Å². The molecule has 184 valence electrons. The number of aryl methyl sites for hydroxylation is 1. The minimum atomic E-state index is -0.326. The number of carbonyl (C=O) groups excluding carboxylic acids is 1. The van der Waals surface area contributed by atoms with E-state index in [2.05, 4.69) is 30.7 Å². The van der Waals surface area contributed by atoms with E-state index in [0.29, 0.717) is 38.1 Å². The van der Waals surface area contributed by atoms with Crippen LogP contribution >= 0.6 is 35.0 Å². The fourth-order valence-electron chi connectivity index (χ4n) is 3.42. The highest BCUT2D eigenvalue weighted by Gasteiger charge is 2.19. The van der Waals surface area contributed by atoms with Gasteiger partial charge in [-0.15, -0.1) is 0 Å². The standard InChI is InChI=1S/C24H21Cl2N7OS.3H2/c1-14-11-21(32-31-14)28-20-13-22(33-9-2-10-33)30-24(29-20)35-17-6-4-16(5-7-17)27-23(34)18-12-15(25)3-8-19(18)26;;;/h3-8,11-13H,2,9-10H2,1H3,(H,27,34)(H2,28,29,30,31,32);3*1H. The molecule has 0 unspecified atom stereocenters. The van der Waals surface area contributed by atoms with Gasteiger partial charge in [0.15, 0.2) is 11.0 Å². The van der Waals surface area contributed by atoms with Gasteiger partial charge in [-0.3, -0.25) is 9.89 Å². The first-order valence-electron chi connectivity index (χ1n) is 10.9. The zero-order chi connectivity index (χ0) is 24.4. The molecule has 1 amide bonds. The molecule has 4 aromatic rings. The third-order valence-electron chi connectivity index (χ3n) is 5.33. The quantitative estimate of drug-likeness (QED) is 0.223. The third kappa shape index (κ3) is 5.70. The second kappa shape index (κ2) is 10.2. The van der Waals surface area contributed by atoms with Gasteiger partial charge in [0.1, 0.15) is 11.6 Å². The number of benzene rings is 2. The van der Waals surface area contributed by atoms with E-state index in [-0.39, 0.29) is 10.2 Å². The summed E-state index contributed by atoms with van der Waals surface area (Å²) in [4.78, 5) is 25.1. The summed E-state index contributed by atoms with van der Waals surface area (Å²) < 4.78 is 0. The van der Waals surface area contributed by atoms with Crippen molar-refractivity contribution in [2.75, 3.05) is 28.6 Å². The Hall–Kier alpha value is -3.27. The van der Waals surface area contributed by atoms with Gasteiger partial charge < -0.3 is 15.5 Å². The van der Waals surface area contributed by atoms with Crippen LogP contribution < -0.4 is 15.5 Å². The minimum absolute atomic E-state index is 0. The van der Waals surface area contributed by atoms with E-state index in [1.54, 1.807) is 18.2 Å². The molecule has 0 bridgehead atoms. The Morgan fingerprint density at radius 3 is 2.54 bits per heavy atom.